The Morgan fingerprint density at radius 1 is 0.897 bits per heavy atom. The van der Waals surface area contributed by atoms with Crippen molar-refractivity contribution in [1.29, 1.82) is 0 Å². The molecule has 0 saturated heterocycles. The van der Waals surface area contributed by atoms with Crippen LogP contribution in [-0.2, 0) is 13.3 Å². The van der Waals surface area contributed by atoms with E-state index >= 15 is 0 Å². The molecular weight excluding hydrogens is 396 g/mol. The van der Waals surface area contributed by atoms with Crippen molar-refractivity contribution < 1.29 is 13.3 Å². The van der Waals surface area contributed by atoms with Gasteiger partial charge in [0.15, 0.2) is 9.04 Å². The fourth-order valence-electron chi connectivity index (χ4n) is 3.20. The minimum absolute atomic E-state index is 0.714. The summed E-state index contributed by atoms with van der Waals surface area (Å²) < 4.78 is 17.5. The third-order valence-corrected chi connectivity index (χ3v) is 9.81. The van der Waals surface area contributed by atoms with E-state index in [2.05, 4.69) is 42.1 Å². The van der Waals surface area contributed by atoms with Crippen molar-refractivity contribution in [3.8, 4) is 0 Å². The molecule has 0 aliphatic heterocycles. The zero-order chi connectivity index (χ0) is 21.4. The van der Waals surface area contributed by atoms with Gasteiger partial charge in [0.1, 0.15) is 0 Å². The molecule has 29 heavy (non-hydrogen) atoms. The van der Waals surface area contributed by atoms with Crippen LogP contribution in [-0.4, -0.2) is 62.9 Å². The van der Waals surface area contributed by atoms with Crippen LogP contribution in [0.25, 0.3) is 0 Å². The van der Waals surface area contributed by atoms with Crippen molar-refractivity contribution in [3.05, 3.63) is 35.4 Å². The number of benzene rings is 1. The monoisotopic (exact) mass is 436 g/mol. The molecule has 0 bridgehead atoms. The van der Waals surface area contributed by atoms with E-state index in [0.29, 0.717) is 13.2 Å². The molecule has 0 amide bonds. The Hall–Kier alpha value is -1.13. The van der Waals surface area contributed by atoms with E-state index in [1.807, 2.05) is 38.4 Å². The smallest absolute Gasteiger partial charge is 0.334 e. The standard InChI is InChI=1S/C22H40N2O3Si2/c1-6-25-28(4)17-11-15-23-19-21-13-9-10-14-22(21)20-24-16-12-18-29(5,26-7-2)27-8-3/h9-10,13-14,19-20,28H,6-8,11-12,15-18H2,1-5H3/b23-19+,24-20+. The maximum atomic E-state index is 5.89. The van der Waals surface area contributed by atoms with Gasteiger partial charge in [-0.2, -0.15) is 0 Å². The van der Waals surface area contributed by atoms with Crippen LogP contribution in [0.2, 0.25) is 25.2 Å². The van der Waals surface area contributed by atoms with E-state index in [4.69, 9.17) is 13.3 Å². The lowest BCUT2D eigenvalue weighted by Crippen LogP contribution is -2.38. The van der Waals surface area contributed by atoms with E-state index < -0.39 is 17.6 Å². The SMILES string of the molecule is CCO[SiH](C)CCC/N=C/c1ccccc1/C=N/CCC[Si](C)(OCC)OCC. The van der Waals surface area contributed by atoms with Crippen LogP contribution in [0.15, 0.2) is 34.3 Å². The second-order valence-corrected chi connectivity index (χ2v) is 13.1. The van der Waals surface area contributed by atoms with Gasteiger partial charge in [-0.15, -0.1) is 0 Å². The first-order chi connectivity index (χ1) is 14.0. The Kier molecular flexibility index (Phi) is 14.0. The van der Waals surface area contributed by atoms with Crippen LogP contribution in [0.1, 0.15) is 44.7 Å². The molecule has 7 heteroatoms. The summed E-state index contributed by atoms with van der Waals surface area (Å²) in [7, 11) is -3.01. The van der Waals surface area contributed by atoms with Crippen LogP contribution >= 0.6 is 0 Å². The number of rotatable bonds is 16. The third kappa shape index (κ3) is 11.6. The van der Waals surface area contributed by atoms with E-state index in [0.717, 1.165) is 49.7 Å². The Balaban J connectivity index is 2.47. The molecule has 0 saturated carbocycles. The highest BCUT2D eigenvalue weighted by Gasteiger charge is 2.29. The molecule has 0 fully saturated rings. The maximum Gasteiger partial charge on any atom is 0.334 e. The molecule has 5 nitrogen and oxygen atoms in total. The molecule has 1 rings (SSSR count). The van der Waals surface area contributed by atoms with Gasteiger partial charge in [0, 0.05) is 56.5 Å². The highest BCUT2D eigenvalue weighted by molar-refractivity contribution is 6.66. The molecule has 1 unspecified atom stereocenters. The summed E-state index contributed by atoms with van der Waals surface area (Å²) >= 11 is 0. The number of hydrogen-bond acceptors (Lipinski definition) is 5. The normalized spacial score (nSPS) is 13.6. The quantitative estimate of drug-likeness (QED) is 0.212. The van der Waals surface area contributed by atoms with Crippen molar-refractivity contribution >= 4 is 30.0 Å². The van der Waals surface area contributed by atoms with Crippen molar-refractivity contribution in [3.63, 3.8) is 0 Å². The van der Waals surface area contributed by atoms with Gasteiger partial charge in [0.25, 0.3) is 0 Å². The highest BCUT2D eigenvalue weighted by atomic mass is 28.4. The number of aliphatic imine (C=N–C) groups is 2. The molecule has 0 aromatic heterocycles. The lowest BCUT2D eigenvalue weighted by atomic mass is 10.1. The van der Waals surface area contributed by atoms with Gasteiger partial charge in [-0.1, -0.05) is 24.3 Å². The molecular formula is C22H40N2O3Si2. The molecule has 0 aliphatic carbocycles. The topological polar surface area (TPSA) is 52.4 Å². The Morgan fingerprint density at radius 2 is 1.45 bits per heavy atom. The summed E-state index contributed by atoms with van der Waals surface area (Å²) in [5.41, 5.74) is 2.23. The van der Waals surface area contributed by atoms with Crippen molar-refractivity contribution in [2.45, 2.75) is 58.8 Å². The average molecular weight is 437 g/mol. The summed E-state index contributed by atoms with van der Waals surface area (Å²) in [6.45, 7) is 14.4. The third-order valence-electron chi connectivity index (χ3n) is 4.62. The summed E-state index contributed by atoms with van der Waals surface area (Å²) in [4.78, 5) is 9.23. The van der Waals surface area contributed by atoms with Gasteiger partial charge in [-0.3, -0.25) is 9.98 Å². The molecule has 0 N–H and O–H groups in total. The fourth-order valence-corrected chi connectivity index (χ4v) is 7.08. The van der Waals surface area contributed by atoms with Crippen molar-refractivity contribution in [1.82, 2.24) is 0 Å². The van der Waals surface area contributed by atoms with Gasteiger partial charge >= 0.3 is 8.56 Å². The van der Waals surface area contributed by atoms with Gasteiger partial charge < -0.3 is 13.3 Å². The largest absolute Gasteiger partial charge is 0.421 e. The molecule has 0 radical (unpaired) electrons. The molecule has 0 heterocycles. The van der Waals surface area contributed by atoms with Crippen LogP contribution < -0.4 is 0 Å². The van der Waals surface area contributed by atoms with E-state index in [1.165, 1.54) is 6.04 Å². The minimum Gasteiger partial charge on any atom is -0.421 e. The lowest BCUT2D eigenvalue weighted by molar-refractivity contribution is 0.188. The van der Waals surface area contributed by atoms with Gasteiger partial charge in [0.05, 0.1) is 0 Å². The predicted molar refractivity (Wildman–Crippen MR) is 130 cm³/mol. The first-order valence-electron chi connectivity index (χ1n) is 11.0. The van der Waals surface area contributed by atoms with Gasteiger partial charge in [0.2, 0.25) is 0 Å². The zero-order valence-corrected chi connectivity index (χ0v) is 21.2. The molecule has 0 aliphatic rings. The van der Waals surface area contributed by atoms with Crippen LogP contribution in [0.3, 0.4) is 0 Å². The number of hydrogen-bond donors (Lipinski definition) is 0. The second-order valence-electron chi connectivity index (χ2n) is 7.21. The fraction of sp³-hybridized carbons (Fsp3) is 0.636. The average Bonchev–Trinajstić information content (AvgIpc) is 2.69. The first kappa shape index (κ1) is 25.9. The molecule has 1 aromatic rings. The first-order valence-corrected chi connectivity index (χ1v) is 16.0. The molecule has 164 valence electrons. The minimum atomic E-state index is -2.03. The van der Waals surface area contributed by atoms with E-state index in [1.54, 1.807) is 0 Å². The second kappa shape index (κ2) is 15.7. The van der Waals surface area contributed by atoms with Gasteiger partial charge in [-0.05, 0) is 58.8 Å². The lowest BCUT2D eigenvalue weighted by Gasteiger charge is -2.25. The highest BCUT2D eigenvalue weighted by Crippen LogP contribution is 2.16. The predicted octanol–water partition coefficient (Wildman–Crippen LogP) is 4.84. The summed E-state index contributed by atoms with van der Waals surface area (Å²) in [5, 5.41) is 0. The van der Waals surface area contributed by atoms with Crippen LogP contribution in [0, 0.1) is 0 Å². The maximum absolute atomic E-state index is 5.89. The van der Waals surface area contributed by atoms with Crippen molar-refractivity contribution in [2.24, 2.45) is 9.98 Å². The molecule has 0 spiro atoms. The van der Waals surface area contributed by atoms with E-state index in [9.17, 15) is 0 Å². The Morgan fingerprint density at radius 3 is 1.97 bits per heavy atom. The van der Waals surface area contributed by atoms with Crippen LogP contribution in [0.5, 0.6) is 0 Å². The molecule has 1 aromatic carbocycles. The van der Waals surface area contributed by atoms with Crippen LogP contribution in [0.4, 0.5) is 0 Å². The summed E-state index contributed by atoms with van der Waals surface area (Å²) in [5.74, 6) is 0. The van der Waals surface area contributed by atoms with Gasteiger partial charge in [-0.25, -0.2) is 0 Å². The Bertz CT molecular complexity index is 605. The summed E-state index contributed by atoms with van der Waals surface area (Å²) in [6.07, 6.45) is 6.02. The zero-order valence-electron chi connectivity index (χ0n) is 19.0. The number of nitrogens with zero attached hydrogens (tertiary/aromatic N) is 2. The Labute approximate surface area is 180 Å². The van der Waals surface area contributed by atoms with E-state index in [-0.39, 0.29) is 0 Å². The summed E-state index contributed by atoms with van der Waals surface area (Å²) in [6, 6.07) is 10.4. The molecule has 1 atom stereocenters. The van der Waals surface area contributed by atoms with Crippen molar-refractivity contribution in [2.75, 3.05) is 32.9 Å².